The zero-order chi connectivity index (χ0) is 16.7. The Hall–Kier alpha value is -1.42. The molecule has 0 saturated heterocycles. The van der Waals surface area contributed by atoms with Gasteiger partial charge in [-0.1, -0.05) is 26.3 Å². The summed E-state index contributed by atoms with van der Waals surface area (Å²) in [5.74, 6) is 0.644. The van der Waals surface area contributed by atoms with E-state index in [-0.39, 0.29) is 18.4 Å². The van der Waals surface area contributed by atoms with Crippen LogP contribution in [0.25, 0.3) is 0 Å². The van der Waals surface area contributed by atoms with Crippen molar-refractivity contribution in [3.63, 3.8) is 0 Å². The molecule has 0 radical (unpaired) electrons. The van der Waals surface area contributed by atoms with Crippen molar-refractivity contribution in [1.82, 2.24) is 10.3 Å². The molecule has 1 aliphatic rings. The number of hydrogen-bond acceptors (Lipinski definition) is 3. The summed E-state index contributed by atoms with van der Waals surface area (Å²) < 4.78 is 0. The van der Waals surface area contributed by atoms with Crippen molar-refractivity contribution in [2.24, 2.45) is 17.3 Å². The van der Waals surface area contributed by atoms with E-state index in [2.05, 4.69) is 24.1 Å². The largest absolute Gasteiger partial charge is 0.396 e. The first kappa shape index (κ1) is 17.9. The Bertz CT molecular complexity index is 487. The molecule has 23 heavy (non-hydrogen) atoms. The predicted octanol–water partition coefficient (Wildman–Crippen LogP) is 2.96. The monoisotopic (exact) mass is 318 g/mol. The molecule has 1 aromatic rings. The zero-order valence-electron chi connectivity index (χ0n) is 14.4. The van der Waals surface area contributed by atoms with Crippen LogP contribution in [0.4, 0.5) is 0 Å². The van der Waals surface area contributed by atoms with Crippen LogP contribution in [0.3, 0.4) is 0 Å². The van der Waals surface area contributed by atoms with E-state index in [9.17, 15) is 9.90 Å². The van der Waals surface area contributed by atoms with Crippen molar-refractivity contribution in [2.75, 3.05) is 13.2 Å². The summed E-state index contributed by atoms with van der Waals surface area (Å²) in [5, 5.41) is 12.5. The molecular formula is C19H30N2O2. The maximum absolute atomic E-state index is 12.2. The summed E-state index contributed by atoms with van der Waals surface area (Å²) in [6.07, 6.45) is 7.85. The van der Waals surface area contributed by atoms with Crippen molar-refractivity contribution in [1.29, 1.82) is 0 Å². The summed E-state index contributed by atoms with van der Waals surface area (Å²) in [6, 6.07) is 5.78. The smallest absolute Gasteiger partial charge is 0.220 e. The molecule has 1 aromatic heterocycles. The quantitative estimate of drug-likeness (QED) is 0.812. The van der Waals surface area contributed by atoms with Crippen molar-refractivity contribution in [3.05, 3.63) is 30.1 Å². The van der Waals surface area contributed by atoms with Gasteiger partial charge in [-0.15, -0.1) is 0 Å². The van der Waals surface area contributed by atoms with Gasteiger partial charge in [0, 0.05) is 37.4 Å². The lowest BCUT2D eigenvalue weighted by Crippen LogP contribution is -2.34. The van der Waals surface area contributed by atoms with Crippen LogP contribution in [0.5, 0.6) is 0 Å². The average molecular weight is 318 g/mol. The average Bonchev–Trinajstić information content (AvgIpc) is 2.51. The van der Waals surface area contributed by atoms with E-state index in [1.165, 1.54) is 12.8 Å². The number of hydrogen-bond donors (Lipinski definition) is 2. The molecule has 0 aromatic carbocycles. The fourth-order valence-corrected chi connectivity index (χ4v) is 3.64. The maximum Gasteiger partial charge on any atom is 0.220 e. The third-order valence-electron chi connectivity index (χ3n) is 4.85. The Labute approximate surface area is 139 Å². The number of amides is 1. The fourth-order valence-electron chi connectivity index (χ4n) is 3.64. The number of aliphatic hydroxyl groups is 1. The Morgan fingerprint density at radius 1 is 1.48 bits per heavy atom. The molecule has 2 unspecified atom stereocenters. The molecule has 2 rings (SSSR count). The lowest BCUT2D eigenvalue weighted by molar-refractivity contribution is -0.122. The molecule has 1 aliphatic carbocycles. The fraction of sp³-hybridized carbons (Fsp3) is 0.684. The van der Waals surface area contributed by atoms with Gasteiger partial charge in [0.1, 0.15) is 0 Å². The summed E-state index contributed by atoms with van der Waals surface area (Å²) >= 11 is 0. The number of rotatable bonds is 7. The Morgan fingerprint density at radius 2 is 2.30 bits per heavy atom. The van der Waals surface area contributed by atoms with Gasteiger partial charge in [-0.25, -0.2) is 0 Å². The SMILES string of the molecule is CC1(C)CCCC(CC(=O)NCC(CO)Cc2ccccn2)C1. The molecule has 4 heteroatoms. The lowest BCUT2D eigenvalue weighted by Gasteiger charge is -2.35. The van der Waals surface area contributed by atoms with E-state index in [4.69, 9.17) is 0 Å². The summed E-state index contributed by atoms with van der Waals surface area (Å²) in [5.41, 5.74) is 1.32. The Morgan fingerprint density at radius 3 is 2.96 bits per heavy atom. The molecule has 2 atom stereocenters. The van der Waals surface area contributed by atoms with Gasteiger partial charge < -0.3 is 10.4 Å². The van der Waals surface area contributed by atoms with Crippen LogP contribution in [-0.4, -0.2) is 29.1 Å². The van der Waals surface area contributed by atoms with Crippen LogP contribution in [0, 0.1) is 17.3 Å². The van der Waals surface area contributed by atoms with Crippen LogP contribution in [-0.2, 0) is 11.2 Å². The van der Waals surface area contributed by atoms with Crippen LogP contribution in [0.1, 0.15) is 51.6 Å². The number of carbonyl (C=O) groups is 1. The minimum Gasteiger partial charge on any atom is -0.396 e. The minimum atomic E-state index is 0.0247. The Balaban J connectivity index is 1.74. The van der Waals surface area contributed by atoms with Crippen molar-refractivity contribution < 1.29 is 9.90 Å². The molecule has 0 aliphatic heterocycles. The Kier molecular flexibility index (Phi) is 6.58. The number of pyridine rings is 1. The van der Waals surface area contributed by atoms with Gasteiger partial charge in [0.15, 0.2) is 0 Å². The van der Waals surface area contributed by atoms with E-state index >= 15 is 0 Å². The van der Waals surface area contributed by atoms with Gasteiger partial charge in [-0.05, 0) is 49.1 Å². The number of nitrogens with zero attached hydrogens (tertiary/aromatic N) is 1. The number of aromatic nitrogens is 1. The molecule has 128 valence electrons. The van der Waals surface area contributed by atoms with Crippen LogP contribution < -0.4 is 5.32 Å². The highest BCUT2D eigenvalue weighted by Gasteiger charge is 2.29. The predicted molar refractivity (Wildman–Crippen MR) is 91.9 cm³/mol. The van der Waals surface area contributed by atoms with Gasteiger partial charge in [-0.2, -0.15) is 0 Å². The van der Waals surface area contributed by atoms with E-state index in [1.54, 1.807) is 6.20 Å². The van der Waals surface area contributed by atoms with Gasteiger partial charge in [0.2, 0.25) is 5.91 Å². The van der Waals surface area contributed by atoms with Crippen LogP contribution in [0.15, 0.2) is 24.4 Å². The van der Waals surface area contributed by atoms with E-state index < -0.39 is 0 Å². The number of nitrogens with one attached hydrogen (secondary N) is 1. The summed E-state index contributed by atoms with van der Waals surface area (Å²) in [4.78, 5) is 16.5. The second-order valence-corrected chi connectivity index (χ2v) is 7.71. The third kappa shape index (κ3) is 6.30. The molecule has 1 saturated carbocycles. The lowest BCUT2D eigenvalue weighted by atomic mass is 9.71. The van der Waals surface area contributed by atoms with Crippen LogP contribution >= 0.6 is 0 Å². The molecule has 0 spiro atoms. The summed E-state index contributed by atoms with van der Waals surface area (Å²) in [7, 11) is 0. The molecule has 0 bridgehead atoms. The molecule has 1 fully saturated rings. The minimum absolute atomic E-state index is 0.0247. The van der Waals surface area contributed by atoms with Gasteiger partial charge in [0.25, 0.3) is 0 Å². The normalized spacial score (nSPS) is 21.6. The van der Waals surface area contributed by atoms with E-state index in [1.807, 2.05) is 18.2 Å². The second kappa shape index (κ2) is 8.44. The van der Waals surface area contributed by atoms with Gasteiger partial charge in [-0.3, -0.25) is 9.78 Å². The first-order valence-corrected chi connectivity index (χ1v) is 8.76. The second-order valence-electron chi connectivity index (χ2n) is 7.71. The van der Waals surface area contributed by atoms with Crippen molar-refractivity contribution >= 4 is 5.91 Å². The van der Waals surface area contributed by atoms with Crippen LogP contribution in [0.2, 0.25) is 0 Å². The molecule has 4 nitrogen and oxygen atoms in total. The first-order valence-electron chi connectivity index (χ1n) is 8.76. The molecular weight excluding hydrogens is 288 g/mol. The molecule has 1 amide bonds. The van der Waals surface area contributed by atoms with Gasteiger partial charge in [0.05, 0.1) is 0 Å². The topological polar surface area (TPSA) is 62.2 Å². The first-order chi connectivity index (χ1) is 11.0. The highest BCUT2D eigenvalue weighted by Crippen LogP contribution is 2.39. The summed E-state index contributed by atoms with van der Waals surface area (Å²) in [6.45, 7) is 5.17. The van der Waals surface area contributed by atoms with Gasteiger partial charge >= 0.3 is 0 Å². The van der Waals surface area contributed by atoms with Crippen molar-refractivity contribution in [2.45, 2.75) is 52.4 Å². The molecule has 2 N–H and O–H groups in total. The van der Waals surface area contributed by atoms with E-state index in [0.29, 0.717) is 30.7 Å². The van der Waals surface area contributed by atoms with E-state index in [0.717, 1.165) is 18.5 Å². The third-order valence-corrected chi connectivity index (χ3v) is 4.85. The standard InChI is InChI=1S/C19H30N2O2/c1-19(2)8-5-6-15(12-19)11-18(23)21-13-16(14-22)10-17-7-3-4-9-20-17/h3-4,7,9,15-16,22H,5-6,8,10-14H2,1-2H3,(H,21,23). The molecule has 1 heterocycles. The maximum atomic E-state index is 12.2. The number of aliphatic hydroxyl groups excluding tert-OH is 1. The van der Waals surface area contributed by atoms with Crippen molar-refractivity contribution in [3.8, 4) is 0 Å². The zero-order valence-corrected chi connectivity index (χ0v) is 14.4. The highest BCUT2D eigenvalue weighted by atomic mass is 16.3. The number of carbonyl (C=O) groups excluding carboxylic acids is 1. The highest BCUT2D eigenvalue weighted by molar-refractivity contribution is 5.76.